The van der Waals surface area contributed by atoms with Gasteiger partial charge in [0, 0.05) is 12.6 Å². The molecule has 3 heteroatoms. The van der Waals surface area contributed by atoms with Crippen LogP contribution in [0.2, 0.25) is 0 Å². The van der Waals surface area contributed by atoms with Crippen molar-refractivity contribution < 1.29 is 9.84 Å². The Balaban J connectivity index is 1.94. The maximum atomic E-state index is 9.64. The second-order valence-electron chi connectivity index (χ2n) is 5.13. The van der Waals surface area contributed by atoms with Crippen molar-refractivity contribution in [3.05, 3.63) is 23.8 Å². The fraction of sp³-hybridized carbons (Fsp3) is 0.600. The van der Waals surface area contributed by atoms with Gasteiger partial charge in [0.05, 0.1) is 6.61 Å². The van der Waals surface area contributed by atoms with Crippen LogP contribution in [-0.2, 0) is 6.54 Å². The van der Waals surface area contributed by atoms with Gasteiger partial charge in [0.1, 0.15) is 0 Å². The molecule has 1 aromatic carbocycles. The number of ether oxygens (including phenoxy) is 1. The lowest BCUT2D eigenvalue weighted by Crippen LogP contribution is -2.30. The first-order valence-corrected chi connectivity index (χ1v) is 6.88. The molecule has 100 valence electrons. The number of phenols is 1. The van der Waals surface area contributed by atoms with E-state index in [1.165, 1.54) is 19.3 Å². The summed E-state index contributed by atoms with van der Waals surface area (Å²) in [6.07, 6.45) is 3.94. The smallest absolute Gasteiger partial charge is 0.161 e. The third-order valence-corrected chi connectivity index (χ3v) is 3.75. The largest absolute Gasteiger partial charge is 0.504 e. The van der Waals surface area contributed by atoms with Crippen LogP contribution in [0.1, 0.15) is 38.7 Å². The first-order chi connectivity index (χ1) is 8.70. The van der Waals surface area contributed by atoms with Crippen LogP contribution < -0.4 is 10.1 Å². The molecule has 0 spiro atoms. The standard InChI is InChI=1S/C15H23NO2/c1-3-18-15-9-12(7-8-14(15)17)10-16-13-6-4-5-11(13)2/h7-9,11,13,16-17H,3-6,10H2,1-2H3. The molecule has 1 saturated carbocycles. The number of phenolic OH excluding ortho intramolecular Hbond substituents is 1. The Hall–Kier alpha value is -1.22. The Morgan fingerprint density at radius 1 is 1.39 bits per heavy atom. The van der Waals surface area contributed by atoms with E-state index in [0.717, 1.165) is 18.0 Å². The quantitative estimate of drug-likeness (QED) is 0.842. The average molecular weight is 249 g/mol. The predicted octanol–water partition coefficient (Wildman–Crippen LogP) is 3.07. The highest BCUT2D eigenvalue weighted by Gasteiger charge is 2.22. The molecule has 0 radical (unpaired) electrons. The summed E-state index contributed by atoms with van der Waals surface area (Å²) in [6, 6.07) is 6.21. The van der Waals surface area contributed by atoms with E-state index >= 15 is 0 Å². The number of hydrogen-bond acceptors (Lipinski definition) is 3. The molecule has 0 aromatic heterocycles. The van der Waals surface area contributed by atoms with Crippen LogP contribution in [0.4, 0.5) is 0 Å². The third-order valence-electron chi connectivity index (χ3n) is 3.75. The molecule has 2 atom stereocenters. The van der Waals surface area contributed by atoms with Gasteiger partial charge in [-0.15, -0.1) is 0 Å². The van der Waals surface area contributed by atoms with Crippen LogP contribution in [0.5, 0.6) is 11.5 Å². The van der Waals surface area contributed by atoms with E-state index in [1.807, 2.05) is 19.1 Å². The molecular formula is C15H23NO2. The van der Waals surface area contributed by atoms with Gasteiger partial charge in [0.25, 0.3) is 0 Å². The zero-order valence-electron chi connectivity index (χ0n) is 11.3. The zero-order chi connectivity index (χ0) is 13.0. The molecule has 0 amide bonds. The Kier molecular flexibility index (Phi) is 4.48. The average Bonchev–Trinajstić information content (AvgIpc) is 2.76. The molecule has 0 bridgehead atoms. The zero-order valence-corrected chi connectivity index (χ0v) is 11.3. The van der Waals surface area contributed by atoms with Crippen molar-refractivity contribution in [2.45, 2.75) is 45.7 Å². The summed E-state index contributed by atoms with van der Waals surface area (Å²) >= 11 is 0. The fourth-order valence-electron chi connectivity index (χ4n) is 2.64. The van der Waals surface area contributed by atoms with Gasteiger partial charge in [-0.2, -0.15) is 0 Å². The molecular weight excluding hydrogens is 226 g/mol. The molecule has 2 N–H and O–H groups in total. The van der Waals surface area contributed by atoms with Gasteiger partial charge in [0.2, 0.25) is 0 Å². The highest BCUT2D eigenvalue weighted by molar-refractivity contribution is 5.41. The van der Waals surface area contributed by atoms with Crippen LogP contribution in [0.3, 0.4) is 0 Å². The molecule has 2 unspecified atom stereocenters. The monoisotopic (exact) mass is 249 g/mol. The van der Waals surface area contributed by atoms with Gasteiger partial charge in [-0.3, -0.25) is 0 Å². The summed E-state index contributed by atoms with van der Waals surface area (Å²) in [6.45, 7) is 5.65. The van der Waals surface area contributed by atoms with Gasteiger partial charge in [0.15, 0.2) is 11.5 Å². The van der Waals surface area contributed by atoms with Crippen molar-refractivity contribution >= 4 is 0 Å². The summed E-state index contributed by atoms with van der Waals surface area (Å²) in [5.41, 5.74) is 1.16. The molecule has 2 rings (SSSR count). The molecule has 1 aromatic rings. The van der Waals surface area contributed by atoms with Crippen molar-refractivity contribution in [2.75, 3.05) is 6.61 Å². The summed E-state index contributed by atoms with van der Waals surface area (Å²) in [5.74, 6) is 1.57. The van der Waals surface area contributed by atoms with Crippen molar-refractivity contribution in [3.8, 4) is 11.5 Å². The Bertz CT molecular complexity index is 392. The third kappa shape index (κ3) is 3.16. The number of hydrogen-bond donors (Lipinski definition) is 2. The van der Waals surface area contributed by atoms with Gasteiger partial charge in [-0.1, -0.05) is 19.4 Å². The van der Waals surface area contributed by atoms with Gasteiger partial charge in [-0.05, 0) is 43.4 Å². The Morgan fingerprint density at radius 3 is 2.89 bits per heavy atom. The summed E-state index contributed by atoms with van der Waals surface area (Å²) in [5, 5.41) is 13.2. The van der Waals surface area contributed by atoms with Crippen molar-refractivity contribution in [1.82, 2.24) is 5.32 Å². The predicted molar refractivity (Wildman–Crippen MR) is 72.9 cm³/mol. The van der Waals surface area contributed by atoms with Crippen molar-refractivity contribution in [1.29, 1.82) is 0 Å². The van der Waals surface area contributed by atoms with Crippen LogP contribution in [0, 0.1) is 5.92 Å². The van der Waals surface area contributed by atoms with Crippen LogP contribution in [0.15, 0.2) is 18.2 Å². The van der Waals surface area contributed by atoms with Gasteiger partial charge >= 0.3 is 0 Å². The van der Waals surface area contributed by atoms with E-state index in [9.17, 15) is 5.11 Å². The summed E-state index contributed by atoms with van der Waals surface area (Å²) in [7, 11) is 0. The molecule has 1 fully saturated rings. The first kappa shape index (κ1) is 13.2. The van der Waals surface area contributed by atoms with Gasteiger partial charge in [-0.25, -0.2) is 0 Å². The summed E-state index contributed by atoms with van der Waals surface area (Å²) < 4.78 is 5.39. The molecule has 0 heterocycles. The lowest BCUT2D eigenvalue weighted by atomic mass is 10.1. The van der Waals surface area contributed by atoms with E-state index < -0.39 is 0 Å². The second kappa shape index (κ2) is 6.10. The minimum atomic E-state index is 0.217. The fourth-order valence-corrected chi connectivity index (χ4v) is 2.64. The maximum absolute atomic E-state index is 9.64. The number of aromatic hydroxyl groups is 1. The lowest BCUT2D eigenvalue weighted by molar-refractivity contribution is 0.317. The van der Waals surface area contributed by atoms with Crippen LogP contribution in [-0.4, -0.2) is 17.8 Å². The molecule has 0 aliphatic heterocycles. The molecule has 1 aliphatic carbocycles. The van der Waals surface area contributed by atoms with Crippen molar-refractivity contribution in [3.63, 3.8) is 0 Å². The van der Waals surface area contributed by atoms with E-state index in [2.05, 4.69) is 12.2 Å². The molecule has 1 aliphatic rings. The Labute approximate surface area is 109 Å². The van der Waals surface area contributed by atoms with E-state index in [1.54, 1.807) is 6.07 Å². The molecule has 18 heavy (non-hydrogen) atoms. The van der Waals surface area contributed by atoms with E-state index in [4.69, 9.17) is 4.74 Å². The van der Waals surface area contributed by atoms with E-state index in [0.29, 0.717) is 18.4 Å². The molecule has 3 nitrogen and oxygen atoms in total. The summed E-state index contributed by atoms with van der Waals surface area (Å²) in [4.78, 5) is 0. The lowest BCUT2D eigenvalue weighted by Gasteiger charge is -2.17. The number of rotatable bonds is 5. The molecule has 0 saturated heterocycles. The number of benzene rings is 1. The first-order valence-electron chi connectivity index (χ1n) is 6.88. The SMILES string of the molecule is CCOc1cc(CNC2CCCC2C)ccc1O. The topological polar surface area (TPSA) is 41.5 Å². The van der Waals surface area contributed by atoms with Crippen LogP contribution >= 0.6 is 0 Å². The second-order valence-corrected chi connectivity index (χ2v) is 5.13. The highest BCUT2D eigenvalue weighted by Crippen LogP contribution is 2.28. The number of nitrogens with one attached hydrogen (secondary N) is 1. The maximum Gasteiger partial charge on any atom is 0.161 e. The minimum absolute atomic E-state index is 0.217. The van der Waals surface area contributed by atoms with Crippen LogP contribution in [0.25, 0.3) is 0 Å². The minimum Gasteiger partial charge on any atom is -0.504 e. The van der Waals surface area contributed by atoms with Gasteiger partial charge < -0.3 is 15.2 Å². The highest BCUT2D eigenvalue weighted by atomic mass is 16.5. The Morgan fingerprint density at radius 2 is 2.22 bits per heavy atom. The van der Waals surface area contributed by atoms with Crippen molar-refractivity contribution in [2.24, 2.45) is 5.92 Å². The normalized spacial score (nSPS) is 23.2. The van der Waals surface area contributed by atoms with E-state index in [-0.39, 0.29) is 5.75 Å².